The van der Waals surface area contributed by atoms with Gasteiger partial charge in [-0.25, -0.2) is 0 Å². The van der Waals surface area contributed by atoms with E-state index in [4.69, 9.17) is 10.8 Å². The molecular weight excluding hydrogens is 478 g/mol. The summed E-state index contributed by atoms with van der Waals surface area (Å²) in [6, 6.07) is 6.43. The van der Waals surface area contributed by atoms with Crippen molar-refractivity contribution in [1.29, 1.82) is 0 Å². The minimum absolute atomic E-state index is 0.136. The summed E-state index contributed by atoms with van der Waals surface area (Å²) in [5, 5.41) is 14.4. The normalized spacial score (nSPS) is 13.0. The first kappa shape index (κ1) is 29.0. The first-order valence-electron chi connectivity index (χ1n) is 12.1. The molecule has 0 fully saturated rings. The molecule has 1 aromatic heterocycles. The van der Waals surface area contributed by atoms with Crippen molar-refractivity contribution in [2.24, 2.45) is 0 Å². The molecule has 0 aliphatic heterocycles. The molecule has 2 rings (SSSR count). The molecule has 1 heterocycles. The fraction of sp³-hybridized carbons (Fsp3) is 0.385. The number of para-hydroxylation sites is 1. The van der Waals surface area contributed by atoms with Gasteiger partial charge in [0.05, 0.1) is 23.5 Å². The van der Waals surface area contributed by atoms with Crippen molar-refractivity contribution in [1.82, 2.24) is 15.6 Å². The first-order chi connectivity index (χ1) is 17.7. The summed E-state index contributed by atoms with van der Waals surface area (Å²) in [5.41, 5.74) is 6.58. The highest BCUT2D eigenvalue weighted by atomic mass is 16.4. The number of hydrogen-bond donors (Lipinski definition) is 4. The van der Waals surface area contributed by atoms with E-state index < -0.39 is 41.8 Å². The van der Waals surface area contributed by atoms with E-state index in [1.165, 1.54) is 29.4 Å². The lowest BCUT2D eigenvalue weighted by Gasteiger charge is -2.31. The maximum Gasteiger partial charge on any atom is 0.303 e. The van der Waals surface area contributed by atoms with Crippen molar-refractivity contribution in [3.05, 3.63) is 54.4 Å². The standard InChI is InChI=1S/C26H33N5O6/c1-3-4-11-22(26(37)31(17(2)16-32)18-8-7-14-28-15-18)30-25(36)21(12-13-23(33)34)29-24(35)19-9-5-6-10-20(19)27/h5-10,14-17,21-22H,3-4,11-13,27H2,1-2H3,(H,29,35)(H,30,36)(H,33,34)/t17-,21-,22-/m0/s1. The smallest absolute Gasteiger partial charge is 0.303 e. The zero-order valence-electron chi connectivity index (χ0n) is 20.9. The van der Waals surface area contributed by atoms with Gasteiger partial charge in [0.2, 0.25) is 11.8 Å². The molecule has 2 aromatic rings. The van der Waals surface area contributed by atoms with E-state index in [0.717, 1.165) is 6.42 Å². The Labute approximate surface area is 215 Å². The van der Waals surface area contributed by atoms with Crippen LogP contribution in [-0.2, 0) is 19.2 Å². The average molecular weight is 512 g/mol. The van der Waals surface area contributed by atoms with Crippen LogP contribution in [0.15, 0.2) is 48.8 Å². The molecule has 1 aromatic carbocycles. The number of benzene rings is 1. The Kier molecular flexibility index (Phi) is 11.2. The van der Waals surface area contributed by atoms with Crippen molar-refractivity contribution in [3.8, 4) is 0 Å². The topological polar surface area (TPSA) is 172 Å². The summed E-state index contributed by atoms with van der Waals surface area (Å²) in [4.78, 5) is 67.8. The molecule has 3 amide bonds. The van der Waals surface area contributed by atoms with Gasteiger partial charge in [-0.2, -0.15) is 0 Å². The van der Waals surface area contributed by atoms with Crippen molar-refractivity contribution in [2.75, 3.05) is 10.6 Å². The van der Waals surface area contributed by atoms with Gasteiger partial charge in [-0.1, -0.05) is 31.9 Å². The monoisotopic (exact) mass is 511 g/mol. The number of anilines is 2. The summed E-state index contributed by atoms with van der Waals surface area (Å²) in [7, 11) is 0. The van der Waals surface area contributed by atoms with Crippen molar-refractivity contribution in [3.63, 3.8) is 0 Å². The molecule has 0 aliphatic rings. The summed E-state index contributed by atoms with van der Waals surface area (Å²) < 4.78 is 0. The Hall–Kier alpha value is -4.28. The number of aliphatic carboxylic acids is 1. The third kappa shape index (κ3) is 8.41. The van der Waals surface area contributed by atoms with Gasteiger partial charge in [-0.3, -0.25) is 29.1 Å². The van der Waals surface area contributed by atoms with Crippen LogP contribution in [0, 0.1) is 0 Å². The molecule has 37 heavy (non-hydrogen) atoms. The molecule has 0 aliphatic carbocycles. The molecule has 3 atom stereocenters. The zero-order chi connectivity index (χ0) is 27.4. The molecular formula is C26H33N5O6. The molecule has 0 saturated carbocycles. The molecule has 0 spiro atoms. The summed E-state index contributed by atoms with van der Waals surface area (Å²) in [5.74, 6) is -3.03. The lowest BCUT2D eigenvalue weighted by atomic mass is 10.0. The number of carbonyl (C=O) groups excluding carboxylic acids is 4. The summed E-state index contributed by atoms with van der Waals surface area (Å²) >= 11 is 0. The lowest BCUT2D eigenvalue weighted by Crippen LogP contribution is -2.56. The SMILES string of the molecule is CCCC[C@H](NC(=O)[C@H](CCC(=O)O)NC(=O)c1ccccc1N)C(=O)N(c1cccnc1)[C@@H](C)C=O. The van der Waals surface area contributed by atoms with E-state index in [-0.39, 0.29) is 30.5 Å². The first-order valence-corrected chi connectivity index (χ1v) is 12.1. The Morgan fingerprint density at radius 1 is 1.08 bits per heavy atom. The Balaban J connectivity index is 2.31. The van der Waals surface area contributed by atoms with E-state index >= 15 is 0 Å². The minimum Gasteiger partial charge on any atom is -0.481 e. The van der Waals surface area contributed by atoms with Gasteiger partial charge in [0, 0.05) is 18.3 Å². The van der Waals surface area contributed by atoms with Gasteiger partial charge in [0.15, 0.2) is 0 Å². The number of pyridine rings is 1. The number of nitrogens with zero attached hydrogens (tertiary/aromatic N) is 2. The highest BCUT2D eigenvalue weighted by molar-refractivity contribution is 6.04. The van der Waals surface area contributed by atoms with E-state index in [1.807, 2.05) is 6.92 Å². The highest BCUT2D eigenvalue weighted by Crippen LogP contribution is 2.18. The molecule has 0 unspecified atom stereocenters. The number of amides is 3. The second kappa shape index (κ2) is 14.3. The highest BCUT2D eigenvalue weighted by Gasteiger charge is 2.32. The minimum atomic E-state index is -1.24. The van der Waals surface area contributed by atoms with Gasteiger partial charge in [-0.15, -0.1) is 0 Å². The number of nitrogen functional groups attached to an aromatic ring is 1. The van der Waals surface area contributed by atoms with Crippen molar-refractivity contribution in [2.45, 2.75) is 64.1 Å². The number of carboxylic acid groups (broad SMARTS) is 1. The summed E-state index contributed by atoms with van der Waals surface area (Å²) in [6.07, 6.45) is 4.60. The van der Waals surface area contributed by atoms with Crippen LogP contribution in [0.2, 0.25) is 0 Å². The predicted octanol–water partition coefficient (Wildman–Crippen LogP) is 1.92. The van der Waals surface area contributed by atoms with Gasteiger partial charge in [0.1, 0.15) is 18.4 Å². The number of hydrogen-bond acceptors (Lipinski definition) is 7. The number of unbranched alkanes of at least 4 members (excludes halogenated alkanes) is 1. The van der Waals surface area contributed by atoms with E-state index in [0.29, 0.717) is 18.4 Å². The Morgan fingerprint density at radius 3 is 2.41 bits per heavy atom. The van der Waals surface area contributed by atoms with Crippen LogP contribution in [0.25, 0.3) is 0 Å². The third-order valence-corrected chi connectivity index (χ3v) is 5.70. The second-order valence-electron chi connectivity index (χ2n) is 8.55. The average Bonchev–Trinajstić information content (AvgIpc) is 2.89. The van der Waals surface area contributed by atoms with E-state index in [2.05, 4.69) is 15.6 Å². The molecule has 0 saturated heterocycles. The van der Waals surface area contributed by atoms with Crippen LogP contribution < -0.4 is 21.3 Å². The van der Waals surface area contributed by atoms with Crippen LogP contribution in [0.5, 0.6) is 0 Å². The van der Waals surface area contributed by atoms with Crippen LogP contribution in [-0.4, -0.2) is 58.2 Å². The van der Waals surface area contributed by atoms with Crippen LogP contribution in [0.3, 0.4) is 0 Å². The van der Waals surface area contributed by atoms with Crippen molar-refractivity contribution < 1.29 is 29.1 Å². The number of nitrogens with two attached hydrogens (primary N) is 1. The largest absolute Gasteiger partial charge is 0.481 e. The van der Waals surface area contributed by atoms with E-state index in [9.17, 15) is 24.0 Å². The van der Waals surface area contributed by atoms with Gasteiger partial charge < -0.3 is 26.3 Å². The maximum absolute atomic E-state index is 13.6. The third-order valence-electron chi connectivity index (χ3n) is 5.70. The molecule has 0 bridgehead atoms. The van der Waals surface area contributed by atoms with Crippen LogP contribution >= 0.6 is 0 Å². The van der Waals surface area contributed by atoms with Crippen LogP contribution in [0.4, 0.5) is 11.4 Å². The zero-order valence-corrected chi connectivity index (χ0v) is 20.9. The lowest BCUT2D eigenvalue weighted by molar-refractivity contribution is -0.137. The van der Waals surface area contributed by atoms with Gasteiger partial charge in [0.25, 0.3) is 5.91 Å². The molecule has 11 heteroatoms. The predicted molar refractivity (Wildman–Crippen MR) is 138 cm³/mol. The molecule has 198 valence electrons. The second-order valence-corrected chi connectivity index (χ2v) is 8.55. The quantitative estimate of drug-likeness (QED) is 0.220. The molecule has 0 radical (unpaired) electrons. The van der Waals surface area contributed by atoms with Crippen LogP contribution in [0.1, 0.15) is 56.3 Å². The number of carbonyl (C=O) groups is 5. The Bertz CT molecular complexity index is 1090. The van der Waals surface area contributed by atoms with Gasteiger partial charge >= 0.3 is 5.97 Å². The summed E-state index contributed by atoms with van der Waals surface area (Å²) in [6.45, 7) is 3.48. The fourth-order valence-corrected chi connectivity index (χ4v) is 3.70. The molecule has 11 nitrogen and oxygen atoms in total. The molecule has 5 N–H and O–H groups in total. The fourth-order valence-electron chi connectivity index (χ4n) is 3.70. The Morgan fingerprint density at radius 2 is 1.81 bits per heavy atom. The number of aromatic nitrogens is 1. The number of rotatable bonds is 14. The number of nitrogens with one attached hydrogen (secondary N) is 2. The number of aldehydes is 1. The van der Waals surface area contributed by atoms with Gasteiger partial charge in [-0.05, 0) is 44.0 Å². The number of carboxylic acids is 1. The van der Waals surface area contributed by atoms with E-state index in [1.54, 1.807) is 31.2 Å². The van der Waals surface area contributed by atoms with Crippen molar-refractivity contribution >= 4 is 41.4 Å². The maximum atomic E-state index is 13.6.